The molecule has 0 aliphatic carbocycles. The number of ether oxygens (including phenoxy) is 10. The fraction of sp³-hybridized carbons (Fsp3) is 1.00. The Bertz CT molecular complexity index is 1220. The Morgan fingerprint density at radius 1 is 0.345 bits per heavy atom. The van der Waals surface area contributed by atoms with Gasteiger partial charge in [0.05, 0.1) is 33.0 Å². The van der Waals surface area contributed by atoms with Crippen molar-refractivity contribution in [2.75, 3.05) is 33.0 Å². The van der Waals surface area contributed by atoms with E-state index in [4.69, 9.17) is 47.4 Å². The summed E-state index contributed by atoms with van der Waals surface area (Å²) in [7, 11) is 0. The van der Waals surface area contributed by atoms with E-state index in [-0.39, 0.29) is 6.61 Å². The Morgan fingerprint density at radius 3 is 1.05 bits per heavy atom. The third-order valence-corrected chi connectivity index (χ3v) is 10.5. The summed E-state index contributed by atoms with van der Waals surface area (Å²) in [5, 5.41) is 157. The van der Waals surface area contributed by atoms with Crippen LogP contribution in [-0.4, -0.2) is 263 Å². The molecule has 25 nitrogen and oxygen atoms in total. The lowest BCUT2D eigenvalue weighted by Crippen LogP contribution is -2.67. The Morgan fingerprint density at radius 2 is 0.673 bits per heavy atom. The zero-order valence-electron chi connectivity index (χ0n) is 28.8. The molecule has 25 heteroatoms. The van der Waals surface area contributed by atoms with Gasteiger partial charge in [-0.2, -0.15) is 0 Å². The van der Waals surface area contributed by atoms with Gasteiger partial charge in [0, 0.05) is 0 Å². The van der Waals surface area contributed by atoms with E-state index in [9.17, 15) is 76.6 Å². The zero-order valence-corrected chi connectivity index (χ0v) is 28.8. The molecule has 0 aromatic heterocycles. The van der Waals surface area contributed by atoms with Crippen LogP contribution in [0.3, 0.4) is 0 Å². The first-order valence-electron chi connectivity index (χ1n) is 17.6. The molecular weight excluding hydrogens is 760 g/mol. The van der Waals surface area contributed by atoms with Gasteiger partial charge in [-0.25, -0.2) is 0 Å². The lowest BCUT2D eigenvalue weighted by atomic mass is 9.95. The second-order valence-electron chi connectivity index (χ2n) is 14.1. The largest absolute Gasteiger partial charge is 0.394 e. The highest BCUT2D eigenvalue weighted by Crippen LogP contribution is 2.36. The van der Waals surface area contributed by atoms with Crippen molar-refractivity contribution < 1.29 is 124 Å². The van der Waals surface area contributed by atoms with E-state index in [0.29, 0.717) is 0 Å². The van der Waals surface area contributed by atoms with Gasteiger partial charge in [-0.1, -0.05) is 0 Å². The van der Waals surface area contributed by atoms with Crippen LogP contribution in [0.25, 0.3) is 0 Å². The molecule has 6 heterocycles. The van der Waals surface area contributed by atoms with Crippen LogP contribution in [0.15, 0.2) is 0 Å². The van der Waals surface area contributed by atoms with Crippen molar-refractivity contribution in [3.63, 3.8) is 0 Å². The summed E-state index contributed by atoms with van der Waals surface area (Å²) in [6, 6.07) is 0. The highest BCUT2D eigenvalue weighted by molar-refractivity contribution is 4.99. The summed E-state index contributed by atoms with van der Waals surface area (Å²) in [5.74, 6) is 0. The molecule has 6 fully saturated rings. The first-order chi connectivity index (χ1) is 26.1. The molecule has 2 bridgehead atoms. The van der Waals surface area contributed by atoms with Crippen LogP contribution in [-0.2, 0) is 47.4 Å². The van der Waals surface area contributed by atoms with E-state index in [0.717, 1.165) is 0 Å². The topological polar surface area (TPSA) is 396 Å². The molecular formula is C30H50O25. The molecule has 6 saturated heterocycles. The molecule has 6 aliphatic heterocycles. The highest BCUT2D eigenvalue weighted by Gasteiger charge is 2.57. The van der Waals surface area contributed by atoms with Crippen LogP contribution < -0.4 is 0 Å². The molecule has 6 aliphatic rings. The molecule has 6 rings (SSSR count). The van der Waals surface area contributed by atoms with E-state index in [1.54, 1.807) is 0 Å². The van der Waals surface area contributed by atoms with Gasteiger partial charge in [0.25, 0.3) is 0 Å². The van der Waals surface area contributed by atoms with E-state index in [1.807, 2.05) is 0 Å². The molecule has 0 amide bonds. The van der Waals surface area contributed by atoms with Crippen LogP contribution in [0.1, 0.15) is 0 Å². The molecule has 0 saturated carbocycles. The van der Waals surface area contributed by atoms with Gasteiger partial charge >= 0.3 is 0 Å². The first-order valence-corrected chi connectivity index (χ1v) is 17.6. The van der Waals surface area contributed by atoms with Gasteiger partial charge in [-0.15, -0.1) is 0 Å². The quantitative estimate of drug-likeness (QED) is 0.0870. The second-order valence-corrected chi connectivity index (χ2v) is 14.1. The number of hydrogen-bond donors (Lipinski definition) is 15. The summed E-state index contributed by atoms with van der Waals surface area (Å²) in [4.78, 5) is 0. The SMILES string of the molecule is OC[C@H]1O[C@@H](O[C@H]2[C@H](O)[C@@H](O)[C@@H](O[C@H]3[C@H](O)[C@@H](O)[C@@H](O[C@H]4[C@H](O)[C@@H](O)[C@H](OC5[C@H]6CO[C@H](O6)[C@H](O)[C@H]5O)O[C@@H]4CO)O[C@@H]3CO)O[C@@H]2CO)[C@H](O)[C@@H](O)[C@@H]1O. The van der Waals surface area contributed by atoms with Gasteiger partial charge in [0.2, 0.25) is 0 Å². The molecule has 55 heavy (non-hydrogen) atoms. The smallest absolute Gasteiger partial charge is 0.187 e. The fourth-order valence-corrected chi connectivity index (χ4v) is 7.33. The van der Waals surface area contributed by atoms with Crippen molar-refractivity contribution in [3.8, 4) is 0 Å². The van der Waals surface area contributed by atoms with Crippen LogP contribution in [0.2, 0.25) is 0 Å². The Labute approximate surface area is 310 Å². The molecule has 15 N–H and O–H groups in total. The summed E-state index contributed by atoms with van der Waals surface area (Å²) in [6.45, 7) is -3.61. The number of fused-ring (bicyclic) bond motifs is 2. The first kappa shape index (κ1) is 43.6. The predicted molar refractivity (Wildman–Crippen MR) is 163 cm³/mol. The molecule has 0 aromatic rings. The van der Waals surface area contributed by atoms with Crippen LogP contribution in [0, 0.1) is 0 Å². The summed E-state index contributed by atoms with van der Waals surface area (Å²) in [6.07, 6.45) is -42.4. The van der Waals surface area contributed by atoms with Crippen molar-refractivity contribution in [2.45, 2.75) is 154 Å². The van der Waals surface area contributed by atoms with E-state index in [2.05, 4.69) is 0 Å². The molecule has 1 unspecified atom stereocenters. The standard InChI is InChI=1S/C30H50O25/c31-1-6-11(35)12(36)17(41)27(47-6)52-22-7(2-32)48-28(19(43)14(22)38)53-23-8(3-33)49-29(20(44)15(23)39)54-24-9(4-34)50-30(21(45)16(24)40)55-25-10-5-46-26(51-10)18(42)13(25)37/h6-45H,1-5H2/t6-,7-,8-,9-,10-,11-,12+,13-,14-,15-,16-,17-,18-,19-,20-,21-,22-,23-,24-,25?,26-,27+,28-,29-,30+/m1/s1. The average Bonchev–Trinajstić information content (AvgIpc) is 3.64. The molecule has 0 spiro atoms. The third-order valence-electron chi connectivity index (χ3n) is 10.5. The minimum Gasteiger partial charge on any atom is -0.394 e. The van der Waals surface area contributed by atoms with Crippen molar-refractivity contribution in [1.29, 1.82) is 0 Å². The number of hydrogen-bond acceptors (Lipinski definition) is 25. The maximum atomic E-state index is 11.1. The predicted octanol–water partition coefficient (Wildman–Crippen LogP) is -10.9. The van der Waals surface area contributed by atoms with Crippen molar-refractivity contribution in [1.82, 2.24) is 0 Å². The summed E-state index contributed by atoms with van der Waals surface area (Å²) < 4.78 is 55.1. The highest BCUT2D eigenvalue weighted by atomic mass is 16.8. The van der Waals surface area contributed by atoms with E-state index in [1.165, 1.54) is 0 Å². The normalized spacial score (nSPS) is 54.7. The number of aliphatic hydroxyl groups excluding tert-OH is 15. The molecule has 25 atom stereocenters. The van der Waals surface area contributed by atoms with E-state index >= 15 is 0 Å². The number of aliphatic hydroxyl groups is 15. The second kappa shape index (κ2) is 18.1. The lowest BCUT2D eigenvalue weighted by molar-refractivity contribution is -0.391. The van der Waals surface area contributed by atoms with Crippen LogP contribution in [0.5, 0.6) is 0 Å². The third kappa shape index (κ3) is 8.41. The lowest BCUT2D eigenvalue weighted by Gasteiger charge is -2.49. The molecule has 320 valence electrons. The van der Waals surface area contributed by atoms with Gasteiger partial charge in [-0.05, 0) is 0 Å². The monoisotopic (exact) mass is 810 g/mol. The molecule has 0 radical (unpaired) electrons. The minimum atomic E-state index is -2.07. The summed E-state index contributed by atoms with van der Waals surface area (Å²) in [5.41, 5.74) is 0. The van der Waals surface area contributed by atoms with E-state index < -0.39 is 180 Å². The van der Waals surface area contributed by atoms with Gasteiger partial charge in [0.1, 0.15) is 122 Å². The minimum absolute atomic E-state index is 0.0745. The Balaban J connectivity index is 1.08. The van der Waals surface area contributed by atoms with Crippen molar-refractivity contribution in [3.05, 3.63) is 0 Å². The van der Waals surface area contributed by atoms with Gasteiger partial charge in [0.15, 0.2) is 31.5 Å². The number of rotatable bonds is 12. The van der Waals surface area contributed by atoms with Crippen molar-refractivity contribution >= 4 is 0 Å². The Hall–Kier alpha value is -1.00. The van der Waals surface area contributed by atoms with Crippen LogP contribution in [0.4, 0.5) is 0 Å². The van der Waals surface area contributed by atoms with Gasteiger partial charge in [-0.3, -0.25) is 0 Å². The molecule has 0 aromatic carbocycles. The Kier molecular flexibility index (Phi) is 14.3. The van der Waals surface area contributed by atoms with Crippen molar-refractivity contribution in [2.24, 2.45) is 0 Å². The zero-order chi connectivity index (χ0) is 40.0. The average molecular weight is 811 g/mol. The van der Waals surface area contributed by atoms with Gasteiger partial charge < -0.3 is 124 Å². The fourth-order valence-electron chi connectivity index (χ4n) is 7.33. The van der Waals surface area contributed by atoms with Crippen LogP contribution >= 0.6 is 0 Å². The maximum absolute atomic E-state index is 11.1. The maximum Gasteiger partial charge on any atom is 0.187 e. The summed E-state index contributed by atoms with van der Waals surface area (Å²) >= 11 is 0.